The topological polar surface area (TPSA) is 46.5 Å². The summed E-state index contributed by atoms with van der Waals surface area (Å²) in [7, 11) is 0. The smallest absolute Gasteiger partial charge is 0.336 e. The van der Waals surface area contributed by atoms with E-state index >= 15 is 0 Å². The Bertz CT molecular complexity index is 324. The molecule has 1 N–H and O–H groups in total. The van der Waals surface area contributed by atoms with Gasteiger partial charge in [-0.2, -0.15) is 0 Å². The van der Waals surface area contributed by atoms with Gasteiger partial charge in [0.15, 0.2) is 0 Å². The summed E-state index contributed by atoms with van der Waals surface area (Å²) >= 11 is -0.312. The van der Waals surface area contributed by atoms with Gasteiger partial charge in [-0.15, -0.1) is 0 Å². The second-order valence-electron chi connectivity index (χ2n) is 2.30. The van der Waals surface area contributed by atoms with E-state index < -0.39 is 5.97 Å². The molecule has 4 heteroatoms. The zero-order valence-electron chi connectivity index (χ0n) is 7.03. The molecule has 3 nitrogen and oxygen atoms in total. The summed E-state index contributed by atoms with van der Waals surface area (Å²) in [6.45, 7) is 1.88. The minimum atomic E-state index is -0.392. The zero-order valence-corrected chi connectivity index (χ0v) is 9.19. The number of hydrogen-bond acceptors (Lipinski definition) is 3. The average molecular weight is 292 g/mol. The van der Waals surface area contributed by atoms with Crippen LogP contribution in [0.25, 0.3) is 0 Å². The van der Waals surface area contributed by atoms with E-state index in [0.29, 0.717) is 0 Å². The lowest BCUT2D eigenvalue weighted by Gasteiger charge is -1.96. The number of carbonyl (C=O) groups is 1. The Morgan fingerprint density at radius 3 is 3.08 bits per heavy atom. The third-order valence-electron chi connectivity index (χ3n) is 1.21. The first-order valence-corrected chi connectivity index (χ1v) is 5.92. The number of esters is 1. The second kappa shape index (κ2) is 4.96. The van der Waals surface area contributed by atoms with Crippen LogP contribution in [0.2, 0.25) is 0 Å². The number of aliphatic hydroxyl groups is 1. The first-order valence-electron chi connectivity index (χ1n) is 3.60. The molecular formula is C9H9IO3. The van der Waals surface area contributed by atoms with Crippen molar-refractivity contribution in [2.75, 3.05) is 0 Å². The summed E-state index contributed by atoms with van der Waals surface area (Å²) in [4.78, 5) is 11.0. The van der Waals surface area contributed by atoms with Crippen LogP contribution < -0.4 is 0 Å². The maximum atomic E-state index is 11.0. The molecule has 0 aliphatic carbocycles. The maximum absolute atomic E-state index is 11.0. The van der Waals surface area contributed by atoms with Crippen LogP contribution in [0.3, 0.4) is 0 Å². The van der Waals surface area contributed by atoms with Crippen molar-refractivity contribution in [2.45, 2.75) is 6.92 Å². The first kappa shape index (κ1) is 10.2. The fourth-order valence-corrected chi connectivity index (χ4v) is 2.20. The molecule has 1 aliphatic rings. The average Bonchev–Trinajstić information content (AvgIpc) is 2.03. The summed E-state index contributed by atoms with van der Waals surface area (Å²) in [6, 6.07) is 0. The van der Waals surface area contributed by atoms with Crippen molar-refractivity contribution in [3.8, 4) is 0 Å². The Morgan fingerprint density at radius 2 is 2.31 bits per heavy atom. The summed E-state index contributed by atoms with van der Waals surface area (Å²) in [5, 5.41) is 9.15. The molecule has 13 heavy (non-hydrogen) atoms. The molecule has 0 radical (unpaired) electrons. The highest BCUT2D eigenvalue weighted by atomic mass is 127. The van der Waals surface area contributed by atoms with Gasteiger partial charge in [0.05, 0.1) is 6.26 Å². The van der Waals surface area contributed by atoms with Crippen molar-refractivity contribution in [1.82, 2.24) is 0 Å². The van der Waals surface area contributed by atoms with Crippen LogP contribution in [0.5, 0.6) is 0 Å². The highest BCUT2D eigenvalue weighted by Gasteiger charge is 1.96. The highest BCUT2D eigenvalue weighted by Crippen LogP contribution is 2.13. The van der Waals surface area contributed by atoms with Gasteiger partial charge in [0.1, 0.15) is 5.76 Å². The van der Waals surface area contributed by atoms with E-state index in [-0.39, 0.29) is 26.5 Å². The SMILES string of the molecule is CC1=CC(=O)O/C=C/C(O)=C\C=I1. The molecule has 0 saturated heterocycles. The molecule has 0 atom stereocenters. The molecule has 1 aliphatic heterocycles. The highest BCUT2D eigenvalue weighted by molar-refractivity contribution is 14.2. The van der Waals surface area contributed by atoms with Crippen LogP contribution in [0.1, 0.15) is 6.92 Å². The molecule has 1 heterocycles. The molecule has 0 aromatic carbocycles. The molecule has 0 spiro atoms. The van der Waals surface area contributed by atoms with Gasteiger partial charge >= 0.3 is 5.97 Å². The minimum absolute atomic E-state index is 0.0993. The number of aliphatic hydroxyl groups excluding tert-OH is 1. The fourth-order valence-electron chi connectivity index (χ4n) is 0.650. The summed E-state index contributed by atoms with van der Waals surface area (Å²) < 4.78 is 7.56. The molecule has 0 fully saturated rings. The lowest BCUT2D eigenvalue weighted by atomic mass is 10.4. The summed E-state index contributed by atoms with van der Waals surface area (Å²) in [5.74, 6) is -0.293. The fraction of sp³-hybridized carbons (Fsp3) is 0.111. The normalized spacial score (nSPS) is 24.5. The van der Waals surface area contributed by atoms with Gasteiger partial charge in [-0.05, 0) is 20.6 Å². The van der Waals surface area contributed by atoms with Gasteiger partial charge in [0, 0.05) is 12.2 Å². The number of allylic oxidation sites excluding steroid dienone is 3. The summed E-state index contributed by atoms with van der Waals surface area (Å²) in [5.41, 5.74) is 0. The number of hydrogen-bond donors (Lipinski definition) is 1. The van der Waals surface area contributed by atoms with Gasteiger partial charge in [0.25, 0.3) is 0 Å². The Morgan fingerprint density at radius 1 is 1.54 bits per heavy atom. The van der Waals surface area contributed by atoms with E-state index in [1.807, 2.05) is 10.9 Å². The molecule has 1 rings (SSSR count). The van der Waals surface area contributed by atoms with Crippen LogP contribution in [-0.4, -0.2) is 15.1 Å². The Hall–Kier alpha value is -0.910. The van der Waals surface area contributed by atoms with E-state index in [2.05, 4.69) is 4.74 Å². The predicted octanol–water partition coefficient (Wildman–Crippen LogP) is 2.18. The van der Waals surface area contributed by atoms with E-state index in [4.69, 9.17) is 5.11 Å². The first-order chi connectivity index (χ1) is 6.18. The quantitative estimate of drug-likeness (QED) is 0.550. The molecule has 0 saturated carbocycles. The Kier molecular flexibility index (Phi) is 3.88. The van der Waals surface area contributed by atoms with Crippen LogP contribution in [0.15, 0.2) is 33.8 Å². The number of rotatable bonds is 0. The lowest BCUT2D eigenvalue weighted by Crippen LogP contribution is -1.94. The van der Waals surface area contributed by atoms with E-state index in [0.717, 1.165) is 3.58 Å². The third-order valence-corrected chi connectivity index (χ3v) is 3.22. The van der Waals surface area contributed by atoms with Crippen LogP contribution in [-0.2, 0) is 9.53 Å². The lowest BCUT2D eigenvalue weighted by molar-refractivity contribution is -0.132. The monoisotopic (exact) mass is 292 g/mol. The zero-order chi connectivity index (χ0) is 9.68. The molecule has 0 aromatic rings. The van der Waals surface area contributed by atoms with E-state index in [1.54, 1.807) is 6.08 Å². The van der Waals surface area contributed by atoms with Crippen LogP contribution in [0, 0.1) is 0 Å². The Balaban J connectivity index is 2.91. The number of ether oxygens (including phenoxy) is 1. The van der Waals surface area contributed by atoms with Crippen molar-refractivity contribution in [3.63, 3.8) is 0 Å². The van der Waals surface area contributed by atoms with E-state index in [9.17, 15) is 4.79 Å². The number of halogens is 1. The third kappa shape index (κ3) is 4.02. The van der Waals surface area contributed by atoms with Crippen molar-refractivity contribution in [3.05, 3.63) is 33.8 Å². The predicted molar refractivity (Wildman–Crippen MR) is 59.8 cm³/mol. The standard InChI is InChI=1S/C9H9IO3/c1-7-6-9(12)13-5-3-8(11)2-4-10-7/h2-6,11H,1H3/b5-3+,7-6?,8-2+. The molecule has 0 unspecified atom stereocenters. The molecule has 0 amide bonds. The van der Waals surface area contributed by atoms with Gasteiger partial charge in [0.2, 0.25) is 0 Å². The van der Waals surface area contributed by atoms with Crippen molar-refractivity contribution in [2.24, 2.45) is 0 Å². The van der Waals surface area contributed by atoms with Crippen LogP contribution in [0.4, 0.5) is 0 Å². The van der Waals surface area contributed by atoms with Gasteiger partial charge in [-0.3, -0.25) is 0 Å². The molecular weight excluding hydrogens is 283 g/mol. The van der Waals surface area contributed by atoms with E-state index in [1.165, 1.54) is 18.4 Å². The number of cyclic esters (lactones) is 1. The van der Waals surface area contributed by atoms with Crippen molar-refractivity contribution in [1.29, 1.82) is 0 Å². The maximum Gasteiger partial charge on any atom is 0.336 e. The molecule has 70 valence electrons. The molecule has 0 bridgehead atoms. The van der Waals surface area contributed by atoms with Crippen LogP contribution >= 0.6 is 20.7 Å². The number of carbonyl (C=O) groups excluding carboxylic acids is 1. The summed E-state index contributed by atoms with van der Waals surface area (Å²) in [6.07, 6.45) is 5.60. The molecule has 0 aromatic heterocycles. The van der Waals surface area contributed by atoms with Crippen molar-refractivity contribution >= 4 is 30.7 Å². The van der Waals surface area contributed by atoms with Gasteiger partial charge in [-0.25, -0.2) is 4.79 Å². The second-order valence-corrected chi connectivity index (χ2v) is 5.34. The van der Waals surface area contributed by atoms with Gasteiger partial charge < -0.3 is 9.84 Å². The minimum Gasteiger partial charge on any atom is -0.508 e. The van der Waals surface area contributed by atoms with Gasteiger partial charge in [-0.1, -0.05) is 20.7 Å². The van der Waals surface area contributed by atoms with Crippen molar-refractivity contribution < 1.29 is 14.6 Å². The Labute approximate surface area is 86.1 Å². The largest absolute Gasteiger partial charge is 0.508 e.